The molecule has 2 aromatic carbocycles. The quantitative estimate of drug-likeness (QED) is 0.680. The van der Waals surface area contributed by atoms with Crippen molar-refractivity contribution in [2.24, 2.45) is 0 Å². The molecule has 0 aliphatic carbocycles. The average molecular weight is 290 g/mol. The van der Waals surface area contributed by atoms with Gasteiger partial charge in [-0.3, -0.25) is 9.36 Å². The van der Waals surface area contributed by atoms with E-state index in [4.69, 9.17) is 0 Å². The van der Waals surface area contributed by atoms with Gasteiger partial charge in [-0.05, 0) is 35.9 Å². The summed E-state index contributed by atoms with van der Waals surface area (Å²) in [6.45, 7) is 0. The van der Waals surface area contributed by atoms with Gasteiger partial charge in [0.15, 0.2) is 0 Å². The molecule has 3 heteroatoms. The van der Waals surface area contributed by atoms with Crippen LogP contribution in [0.1, 0.15) is 10.4 Å². The minimum atomic E-state index is -0.0436. The number of fused-ring (bicyclic) bond motifs is 1. The molecule has 110 valence electrons. The van der Waals surface area contributed by atoms with E-state index in [0.717, 1.165) is 22.2 Å². The first-order valence-corrected chi connectivity index (χ1v) is 7.21. The summed E-state index contributed by atoms with van der Waals surface area (Å²) in [5.74, 6) is -0.0436. The number of para-hydroxylation sites is 1. The van der Waals surface area contributed by atoms with Crippen LogP contribution < -0.4 is 4.90 Å². The van der Waals surface area contributed by atoms with E-state index in [-0.39, 0.29) is 5.91 Å². The first-order chi connectivity index (χ1) is 10.6. The SMILES string of the molecule is CN(C)c1ccc(/C=C/C(=O)n2ccc3ccccc32)cc1. The van der Waals surface area contributed by atoms with Gasteiger partial charge in [0.2, 0.25) is 0 Å². The summed E-state index contributed by atoms with van der Waals surface area (Å²) in [5.41, 5.74) is 3.08. The molecule has 0 spiro atoms. The van der Waals surface area contributed by atoms with Crippen molar-refractivity contribution in [3.8, 4) is 0 Å². The molecule has 0 aliphatic heterocycles. The highest BCUT2D eigenvalue weighted by Gasteiger charge is 2.05. The van der Waals surface area contributed by atoms with E-state index >= 15 is 0 Å². The van der Waals surface area contributed by atoms with Crippen LogP contribution in [-0.2, 0) is 0 Å². The standard InChI is InChI=1S/C19H18N2O/c1-20(2)17-10-7-15(8-11-17)9-12-19(22)21-14-13-16-5-3-4-6-18(16)21/h3-14H,1-2H3/b12-9+. The zero-order chi connectivity index (χ0) is 15.5. The summed E-state index contributed by atoms with van der Waals surface area (Å²) in [5, 5.41) is 1.07. The van der Waals surface area contributed by atoms with Gasteiger partial charge in [-0.25, -0.2) is 0 Å². The normalized spacial score (nSPS) is 11.2. The topological polar surface area (TPSA) is 25.2 Å². The Labute approximate surface area is 130 Å². The second-order valence-electron chi connectivity index (χ2n) is 5.40. The lowest BCUT2D eigenvalue weighted by molar-refractivity contribution is 0.0975. The molecule has 0 atom stereocenters. The molecule has 1 aromatic heterocycles. The van der Waals surface area contributed by atoms with Crippen molar-refractivity contribution in [3.05, 3.63) is 72.4 Å². The van der Waals surface area contributed by atoms with E-state index in [9.17, 15) is 4.79 Å². The smallest absolute Gasteiger partial charge is 0.255 e. The summed E-state index contributed by atoms with van der Waals surface area (Å²) in [4.78, 5) is 14.4. The summed E-state index contributed by atoms with van der Waals surface area (Å²) >= 11 is 0. The number of benzene rings is 2. The van der Waals surface area contributed by atoms with Gasteiger partial charge in [0.05, 0.1) is 5.52 Å². The van der Waals surface area contributed by atoms with E-state index in [0.29, 0.717) is 0 Å². The molecule has 3 rings (SSSR count). The lowest BCUT2D eigenvalue weighted by Crippen LogP contribution is -2.08. The monoisotopic (exact) mass is 290 g/mol. The third-order valence-corrected chi connectivity index (χ3v) is 3.66. The zero-order valence-electron chi connectivity index (χ0n) is 12.7. The maximum absolute atomic E-state index is 12.3. The first-order valence-electron chi connectivity index (χ1n) is 7.21. The fourth-order valence-corrected chi connectivity index (χ4v) is 2.41. The molecular weight excluding hydrogens is 272 g/mol. The number of carbonyl (C=O) groups is 1. The molecule has 22 heavy (non-hydrogen) atoms. The van der Waals surface area contributed by atoms with Crippen LogP contribution in [0, 0.1) is 0 Å². The fourth-order valence-electron chi connectivity index (χ4n) is 2.41. The Morgan fingerprint density at radius 3 is 2.45 bits per heavy atom. The van der Waals surface area contributed by atoms with Gasteiger partial charge < -0.3 is 4.90 Å². The Balaban J connectivity index is 1.81. The summed E-state index contributed by atoms with van der Waals surface area (Å²) in [6, 6.07) is 17.9. The molecule has 0 saturated heterocycles. The van der Waals surface area contributed by atoms with Crippen molar-refractivity contribution in [3.63, 3.8) is 0 Å². The van der Waals surface area contributed by atoms with Gasteiger partial charge in [-0.15, -0.1) is 0 Å². The Morgan fingerprint density at radius 2 is 1.73 bits per heavy atom. The van der Waals surface area contributed by atoms with Crippen molar-refractivity contribution in [1.82, 2.24) is 4.57 Å². The van der Waals surface area contributed by atoms with Crippen LogP contribution in [0.15, 0.2) is 66.9 Å². The van der Waals surface area contributed by atoms with Gasteiger partial charge in [0.1, 0.15) is 0 Å². The van der Waals surface area contributed by atoms with E-state index in [1.54, 1.807) is 10.6 Å². The Kier molecular flexibility index (Phi) is 3.79. The van der Waals surface area contributed by atoms with Crippen LogP contribution in [-0.4, -0.2) is 24.6 Å². The Bertz CT molecular complexity index is 826. The second-order valence-corrected chi connectivity index (χ2v) is 5.40. The molecule has 0 saturated carbocycles. The summed E-state index contributed by atoms with van der Waals surface area (Å²) in [7, 11) is 4.01. The van der Waals surface area contributed by atoms with Crippen LogP contribution in [0.4, 0.5) is 5.69 Å². The number of nitrogens with zero attached hydrogens (tertiary/aromatic N) is 2. The number of aromatic nitrogens is 1. The van der Waals surface area contributed by atoms with Crippen molar-refractivity contribution in [1.29, 1.82) is 0 Å². The molecule has 0 fully saturated rings. The van der Waals surface area contributed by atoms with Gasteiger partial charge >= 0.3 is 0 Å². The molecule has 0 amide bonds. The molecule has 0 aliphatic rings. The van der Waals surface area contributed by atoms with Crippen molar-refractivity contribution >= 4 is 28.6 Å². The maximum atomic E-state index is 12.3. The van der Waals surface area contributed by atoms with Gasteiger partial charge in [-0.1, -0.05) is 30.3 Å². The molecular formula is C19H18N2O. The van der Waals surface area contributed by atoms with Crippen LogP contribution in [0.5, 0.6) is 0 Å². The minimum Gasteiger partial charge on any atom is -0.378 e. The van der Waals surface area contributed by atoms with Crippen molar-refractivity contribution in [2.45, 2.75) is 0 Å². The lowest BCUT2D eigenvalue weighted by Gasteiger charge is -2.11. The zero-order valence-corrected chi connectivity index (χ0v) is 12.7. The van der Waals surface area contributed by atoms with Gasteiger partial charge in [0.25, 0.3) is 5.91 Å². The lowest BCUT2D eigenvalue weighted by atomic mass is 10.2. The predicted octanol–water partition coefficient (Wildman–Crippen LogP) is 4.06. The fraction of sp³-hybridized carbons (Fsp3) is 0.105. The van der Waals surface area contributed by atoms with Crippen LogP contribution in [0.25, 0.3) is 17.0 Å². The largest absolute Gasteiger partial charge is 0.378 e. The van der Waals surface area contributed by atoms with E-state index < -0.39 is 0 Å². The number of hydrogen-bond donors (Lipinski definition) is 0. The number of carbonyl (C=O) groups excluding carboxylic acids is 1. The molecule has 0 bridgehead atoms. The molecule has 0 radical (unpaired) electrons. The van der Waals surface area contributed by atoms with E-state index in [1.165, 1.54) is 0 Å². The van der Waals surface area contributed by atoms with Gasteiger partial charge in [0, 0.05) is 37.4 Å². The number of rotatable bonds is 3. The predicted molar refractivity (Wildman–Crippen MR) is 92.4 cm³/mol. The number of hydrogen-bond acceptors (Lipinski definition) is 2. The molecule has 3 aromatic rings. The van der Waals surface area contributed by atoms with Gasteiger partial charge in [-0.2, -0.15) is 0 Å². The van der Waals surface area contributed by atoms with Crippen LogP contribution >= 0.6 is 0 Å². The summed E-state index contributed by atoms with van der Waals surface area (Å²) in [6.07, 6.45) is 5.26. The van der Waals surface area contributed by atoms with E-state index in [2.05, 4.69) is 0 Å². The number of allylic oxidation sites excluding steroid dienone is 1. The highest BCUT2D eigenvalue weighted by atomic mass is 16.1. The first kappa shape index (κ1) is 14.1. The third-order valence-electron chi connectivity index (χ3n) is 3.66. The highest BCUT2D eigenvalue weighted by Crippen LogP contribution is 2.16. The van der Waals surface area contributed by atoms with E-state index in [1.807, 2.05) is 85.9 Å². The third kappa shape index (κ3) is 2.79. The molecule has 1 heterocycles. The summed E-state index contributed by atoms with van der Waals surface area (Å²) < 4.78 is 1.67. The Morgan fingerprint density at radius 1 is 1.00 bits per heavy atom. The van der Waals surface area contributed by atoms with Crippen LogP contribution in [0.3, 0.4) is 0 Å². The molecule has 3 nitrogen and oxygen atoms in total. The van der Waals surface area contributed by atoms with Crippen molar-refractivity contribution in [2.75, 3.05) is 19.0 Å². The number of anilines is 1. The minimum absolute atomic E-state index is 0.0436. The molecule has 0 N–H and O–H groups in total. The Hall–Kier alpha value is -2.81. The molecule has 0 unspecified atom stereocenters. The average Bonchev–Trinajstić information content (AvgIpc) is 2.97. The maximum Gasteiger partial charge on any atom is 0.255 e. The highest BCUT2D eigenvalue weighted by molar-refractivity contribution is 6.00. The van der Waals surface area contributed by atoms with Crippen LogP contribution in [0.2, 0.25) is 0 Å². The van der Waals surface area contributed by atoms with Crippen molar-refractivity contribution < 1.29 is 4.79 Å². The second kappa shape index (κ2) is 5.90.